The second kappa shape index (κ2) is 15.5. The average Bonchev–Trinajstić information content (AvgIpc) is 4.12. The lowest BCUT2D eigenvalue weighted by atomic mass is 9.39. The van der Waals surface area contributed by atoms with Crippen molar-refractivity contribution in [3.8, 4) is 22.3 Å². The molecule has 0 N–H and O–H groups in total. The van der Waals surface area contributed by atoms with E-state index in [0.717, 1.165) is 0 Å². The number of benzene rings is 7. The predicted molar refractivity (Wildman–Crippen MR) is 314 cm³/mol. The quantitative estimate of drug-likeness (QED) is 0.162. The number of nitrogens with zero attached hydrogens (tertiary/aromatic N) is 2. The van der Waals surface area contributed by atoms with E-state index in [1.807, 2.05) is 45.3 Å². The van der Waals surface area contributed by atoms with Crippen molar-refractivity contribution in [3.05, 3.63) is 171 Å². The summed E-state index contributed by atoms with van der Waals surface area (Å²) >= 11 is 7.69. The predicted octanol–water partition coefficient (Wildman–Crippen LogP) is 18.1. The number of anilines is 6. The van der Waals surface area contributed by atoms with E-state index in [4.69, 9.17) is 0 Å². The van der Waals surface area contributed by atoms with E-state index in [1.54, 1.807) is 0 Å². The summed E-state index contributed by atoms with van der Waals surface area (Å²) in [7, 11) is 0. The molecule has 0 radical (unpaired) electrons. The van der Waals surface area contributed by atoms with Crippen molar-refractivity contribution < 1.29 is 0 Å². The monoisotopic (exact) mass is 978 g/mol. The van der Waals surface area contributed by atoms with Crippen LogP contribution in [0.5, 0.6) is 0 Å². The molecule has 0 atom stereocenters. The molecule has 0 fully saturated rings. The van der Waals surface area contributed by atoms with Crippen molar-refractivity contribution in [2.75, 3.05) is 9.80 Å². The zero-order chi connectivity index (χ0) is 48.3. The van der Waals surface area contributed by atoms with Crippen LogP contribution in [0.2, 0.25) is 0 Å². The molecule has 0 unspecified atom stereocenters. The second-order valence-corrected chi connectivity index (χ2v) is 26.1. The van der Waals surface area contributed by atoms with Crippen LogP contribution in [0.15, 0.2) is 132 Å². The van der Waals surface area contributed by atoms with Crippen LogP contribution in [0.4, 0.5) is 34.1 Å². The van der Waals surface area contributed by atoms with E-state index in [9.17, 15) is 0 Å². The normalized spacial score (nSPS) is 13.6. The summed E-state index contributed by atoms with van der Waals surface area (Å²) in [5.74, 6) is 0. The van der Waals surface area contributed by atoms with Crippen molar-refractivity contribution in [3.63, 3.8) is 0 Å². The van der Waals surface area contributed by atoms with E-state index >= 15 is 0 Å². The molecule has 4 aromatic heterocycles. The van der Waals surface area contributed by atoms with E-state index < -0.39 is 0 Å². The number of thiophene rings is 4. The Morgan fingerprint density at radius 3 is 1.21 bits per heavy atom. The van der Waals surface area contributed by atoms with Gasteiger partial charge in [0.2, 0.25) is 0 Å². The first-order valence-corrected chi connectivity index (χ1v) is 28.0. The molecule has 13 rings (SSSR count). The van der Waals surface area contributed by atoms with Gasteiger partial charge in [0.1, 0.15) is 0 Å². The fraction of sp³-hybridized carbons (Fsp3) is 0.206. The summed E-state index contributed by atoms with van der Waals surface area (Å²) in [6.07, 6.45) is 0. The minimum absolute atomic E-state index is 0.00248. The maximum absolute atomic E-state index is 2.71. The lowest BCUT2D eigenvalue weighted by Gasteiger charge is -2.43. The highest BCUT2D eigenvalue weighted by Gasteiger charge is 2.48. The minimum atomic E-state index is -0.00248. The van der Waals surface area contributed by atoms with Crippen molar-refractivity contribution in [1.29, 1.82) is 0 Å². The van der Waals surface area contributed by atoms with E-state index in [2.05, 4.69) is 218 Å². The highest BCUT2D eigenvalue weighted by atomic mass is 32.1. The molecule has 0 saturated carbocycles. The van der Waals surface area contributed by atoms with Gasteiger partial charge in [-0.1, -0.05) is 90.1 Å². The van der Waals surface area contributed by atoms with Crippen LogP contribution < -0.4 is 24.8 Å². The third kappa shape index (κ3) is 6.54. The molecule has 2 aliphatic heterocycles. The molecule has 0 amide bonds. The van der Waals surface area contributed by atoms with Gasteiger partial charge in [0.15, 0.2) is 0 Å². The minimum Gasteiger partial charge on any atom is -0.309 e. The Hall–Kier alpha value is -5.96. The second-order valence-electron chi connectivity index (χ2n) is 22.1. The van der Waals surface area contributed by atoms with E-state index in [0.29, 0.717) is 0 Å². The fourth-order valence-corrected chi connectivity index (χ4v) is 16.4. The van der Waals surface area contributed by atoms with Crippen molar-refractivity contribution in [2.24, 2.45) is 0 Å². The molecule has 7 aromatic carbocycles. The van der Waals surface area contributed by atoms with Gasteiger partial charge in [-0.2, -0.15) is 0 Å². The van der Waals surface area contributed by atoms with E-state index in [-0.39, 0.29) is 17.5 Å². The molecule has 70 heavy (non-hydrogen) atoms. The molecule has 2 aliphatic rings. The zero-order valence-electron chi connectivity index (χ0n) is 41.8. The Morgan fingerprint density at radius 1 is 0.414 bits per heavy atom. The number of hydrogen-bond acceptors (Lipinski definition) is 6. The SMILES string of the molecule is Cc1cc2c3c(c1)N(c1c(C)cc(-c4csc5ccccc45)cc1C)c1c(sc4ccc(C(C)(C)C)cc14)B3c1sc3ccc(C(C)(C)C)cc3c1N2c1c(C)cc(-c2csc3ccccc23)cc1C. The third-order valence-electron chi connectivity index (χ3n) is 15.1. The molecular weight excluding hydrogens is 924 g/mol. The van der Waals surface area contributed by atoms with Gasteiger partial charge in [-0.3, -0.25) is 0 Å². The van der Waals surface area contributed by atoms with Crippen LogP contribution in [0.25, 0.3) is 62.6 Å². The number of rotatable bonds is 4. The Balaban J connectivity index is 1.12. The molecular formula is C63H55BN2S4. The maximum atomic E-state index is 2.71. The molecule has 7 heteroatoms. The fourth-order valence-electron chi connectivity index (χ4n) is 11.8. The molecule has 344 valence electrons. The van der Waals surface area contributed by atoms with Crippen LogP contribution >= 0.6 is 45.3 Å². The number of aryl methyl sites for hydroxylation is 5. The summed E-state index contributed by atoms with van der Waals surface area (Å²) in [5.41, 5.74) is 23.5. The first-order chi connectivity index (χ1) is 33.5. The standard InChI is InChI=1S/C63H55BN2S4/c1-34-24-49-55-50(25-34)66(57-37(4)28-40(29-38(57)5)48-33-68-52-19-15-13-17-44(48)52)59-46-31-42(63(9,10)11)21-23-54(46)70-61(59)64(55)60-58(45-30-41(62(6,7)8)20-22-53(45)69-60)65(49)56-35(2)26-39(27-36(56)3)47-32-67-51-18-14-12-16-43(47)51/h12-33H,1-11H3. The Labute approximate surface area is 428 Å². The maximum Gasteiger partial charge on any atom is 0.277 e. The smallest absolute Gasteiger partial charge is 0.277 e. The molecule has 6 heterocycles. The highest BCUT2D eigenvalue weighted by molar-refractivity contribution is 7.40. The first-order valence-electron chi connectivity index (χ1n) is 24.6. The summed E-state index contributed by atoms with van der Waals surface area (Å²) in [4.78, 5) is 5.42. The molecule has 0 bridgehead atoms. The highest BCUT2D eigenvalue weighted by Crippen LogP contribution is 2.54. The van der Waals surface area contributed by atoms with Crippen molar-refractivity contribution in [1.82, 2.24) is 0 Å². The molecule has 0 spiro atoms. The van der Waals surface area contributed by atoms with Crippen LogP contribution in [-0.4, -0.2) is 6.71 Å². The molecule has 2 nitrogen and oxygen atoms in total. The summed E-state index contributed by atoms with van der Waals surface area (Å²) in [6.45, 7) is 25.8. The average molecular weight is 979 g/mol. The van der Waals surface area contributed by atoms with Gasteiger partial charge in [-0.05, 0) is 185 Å². The van der Waals surface area contributed by atoms with Crippen LogP contribution in [0, 0.1) is 34.6 Å². The van der Waals surface area contributed by atoms with Crippen molar-refractivity contribution >= 4 is 142 Å². The summed E-state index contributed by atoms with van der Waals surface area (Å²) < 4.78 is 8.20. The number of hydrogen-bond donors (Lipinski definition) is 0. The van der Waals surface area contributed by atoms with Gasteiger partial charge >= 0.3 is 0 Å². The molecule has 0 aliphatic carbocycles. The first kappa shape index (κ1) is 44.0. The van der Waals surface area contributed by atoms with E-state index in [1.165, 1.54) is 151 Å². The Bertz CT molecular complexity index is 3710. The largest absolute Gasteiger partial charge is 0.309 e. The Kier molecular flexibility index (Phi) is 9.76. The number of fused-ring (bicyclic) bond motifs is 10. The van der Waals surface area contributed by atoms with Crippen LogP contribution in [0.3, 0.4) is 0 Å². The van der Waals surface area contributed by atoms with Crippen LogP contribution in [-0.2, 0) is 10.8 Å². The van der Waals surface area contributed by atoms with Crippen LogP contribution in [0.1, 0.15) is 80.5 Å². The summed E-state index contributed by atoms with van der Waals surface area (Å²) in [5, 5.41) is 10.0. The topological polar surface area (TPSA) is 6.48 Å². The van der Waals surface area contributed by atoms with Crippen molar-refractivity contribution in [2.45, 2.75) is 87.0 Å². The summed E-state index contributed by atoms with van der Waals surface area (Å²) in [6, 6.07) is 47.1. The Morgan fingerprint density at radius 2 is 0.814 bits per heavy atom. The lowest BCUT2D eigenvalue weighted by Crippen LogP contribution is -2.59. The van der Waals surface area contributed by atoms with Gasteiger partial charge in [0.05, 0.1) is 22.7 Å². The van der Waals surface area contributed by atoms with Gasteiger partial charge in [0, 0.05) is 72.4 Å². The van der Waals surface area contributed by atoms with Gasteiger partial charge in [0.25, 0.3) is 6.71 Å². The third-order valence-corrected chi connectivity index (χ3v) is 19.5. The van der Waals surface area contributed by atoms with Gasteiger partial charge in [-0.15, -0.1) is 45.3 Å². The molecule has 0 saturated heterocycles. The molecule has 11 aromatic rings. The van der Waals surface area contributed by atoms with Gasteiger partial charge in [-0.25, -0.2) is 0 Å². The van der Waals surface area contributed by atoms with Gasteiger partial charge < -0.3 is 9.80 Å². The zero-order valence-corrected chi connectivity index (χ0v) is 45.1. The lowest BCUT2D eigenvalue weighted by molar-refractivity contribution is 0.591.